The van der Waals surface area contributed by atoms with Crippen LogP contribution in [0, 0.1) is 10.1 Å². The van der Waals surface area contributed by atoms with Crippen molar-refractivity contribution in [2.45, 2.75) is 0 Å². The first-order chi connectivity index (χ1) is 12.5. The number of benzene rings is 2. The molecule has 1 aliphatic rings. The minimum absolute atomic E-state index is 0.0137. The zero-order chi connectivity index (χ0) is 18.7. The molecule has 26 heavy (non-hydrogen) atoms. The first kappa shape index (κ1) is 17.2. The molecule has 0 N–H and O–H groups in total. The minimum Gasteiger partial charge on any atom is -0.497 e. The molecule has 0 bridgehead atoms. The van der Waals surface area contributed by atoms with E-state index in [2.05, 4.69) is 4.99 Å². The second-order valence-electron chi connectivity index (χ2n) is 5.29. The molecule has 0 amide bonds. The van der Waals surface area contributed by atoms with Crippen LogP contribution in [0.25, 0.3) is 6.08 Å². The zero-order valence-corrected chi connectivity index (χ0v) is 14.0. The number of esters is 1. The average Bonchev–Trinajstić information content (AvgIpc) is 3.02. The smallest absolute Gasteiger partial charge is 0.363 e. The van der Waals surface area contributed by atoms with Crippen molar-refractivity contribution in [2.75, 3.05) is 14.2 Å². The Bertz CT molecular complexity index is 926. The second kappa shape index (κ2) is 7.06. The van der Waals surface area contributed by atoms with Crippen molar-refractivity contribution in [2.24, 2.45) is 4.99 Å². The fourth-order valence-corrected chi connectivity index (χ4v) is 2.36. The predicted octanol–water partition coefficient (Wildman–Crippen LogP) is 2.96. The van der Waals surface area contributed by atoms with Gasteiger partial charge in [0, 0.05) is 23.8 Å². The lowest BCUT2D eigenvalue weighted by Crippen LogP contribution is -2.05. The molecule has 0 atom stereocenters. The average molecular weight is 354 g/mol. The van der Waals surface area contributed by atoms with Gasteiger partial charge >= 0.3 is 5.97 Å². The SMILES string of the molecule is COc1cc(/C=C2\N=C(c3cccc([N+](=O)[O-])c3)OC2=O)cc(OC)c1. The number of rotatable bonds is 5. The van der Waals surface area contributed by atoms with Gasteiger partial charge in [0.05, 0.1) is 19.1 Å². The van der Waals surface area contributed by atoms with E-state index in [0.717, 1.165) is 0 Å². The monoisotopic (exact) mass is 354 g/mol. The van der Waals surface area contributed by atoms with Crippen molar-refractivity contribution in [3.63, 3.8) is 0 Å². The van der Waals surface area contributed by atoms with E-state index >= 15 is 0 Å². The van der Waals surface area contributed by atoms with Crippen molar-refractivity contribution in [1.29, 1.82) is 0 Å². The molecule has 132 valence electrons. The molecule has 0 spiro atoms. The fourth-order valence-electron chi connectivity index (χ4n) is 2.36. The normalized spacial score (nSPS) is 14.8. The molecule has 8 nitrogen and oxygen atoms in total. The van der Waals surface area contributed by atoms with Crippen molar-refractivity contribution in [3.05, 3.63) is 69.4 Å². The number of nitro benzene ring substituents is 1. The van der Waals surface area contributed by atoms with Gasteiger partial charge in [0.2, 0.25) is 5.90 Å². The lowest BCUT2D eigenvalue weighted by molar-refractivity contribution is -0.384. The van der Waals surface area contributed by atoms with Gasteiger partial charge in [0.25, 0.3) is 5.69 Å². The van der Waals surface area contributed by atoms with E-state index in [1.165, 1.54) is 38.5 Å². The summed E-state index contributed by atoms with van der Waals surface area (Å²) in [5, 5.41) is 10.9. The van der Waals surface area contributed by atoms with Crippen LogP contribution < -0.4 is 9.47 Å². The first-order valence-electron chi connectivity index (χ1n) is 7.50. The third kappa shape index (κ3) is 3.54. The molecule has 0 radical (unpaired) electrons. The third-order valence-corrected chi connectivity index (χ3v) is 3.60. The van der Waals surface area contributed by atoms with Gasteiger partial charge in [0.1, 0.15) is 11.5 Å². The Morgan fingerprint density at radius 3 is 2.42 bits per heavy atom. The number of carbonyl (C=O) groups is 1. The van der Waals surface area contributed by atoms with Crippen LogP contribution in [0.3, 0.4) is 0 Å². The lowest BCUT2D eigenvalue weighted by Gasteiger charge is -2.05. The molecular formula is C18H14N2O6. The highest BCUT2D eigenvalue weighted by Gasteiger charge is 2.25. The number of non-ortho nitro benzene ring substituents is 1. The number of ether oxygens (including phenoxy) is 3. The van der Waals surface area contributed by atoms with Crippen molar-refractivity contribution >= 4 is 23.6 Å². The number of hydrogen-bond donors (Lipinski definition) is 0. The fraction of sp³-hybridized carbons (Fsp3) is 0.111. The Morgan fingerprint density at radius 1 is 1.12 bits per heavy atom. The number of nitro groups is 1. The number of cyclic esters (lactones) is 1. The van der Waals surface area contributed by atoms with E-state index in [1.807, 2.05) is 0 Å². The van der Waals surface area contributed by atoms with Crippen LogP contribution in [0.4, 0.5) is 5.69 Å². The van der Waals surface area contributed by atoms with Gasteiger partial charge in [-0.05, 0) is 29.8 Å². The third-order valence-electron chi connectivity index (χ3n) is 3.60. The summed E-state index contributed by atoms with van der Waals surface area (Å²) >= 11 is 0. The standard InChI is InChI=1S/C18H14N2O6/c1-24-14-6-11(7-15(10-14)25-2)8-16-18(21)26-17(19-16)12-4-3-5-13(9-12)20(22)23/h3-10H,1-2H3/b16-8-. The van der Waals surface area contributed by atoms with E-state index in [9.17, 15) is 14.9 Å². The lowest BCUT2D eigenvalue weighted by atomic mass is 10.1. The number of hydrogen-bond acceptors (Lipinski definition) is 7. The van der Waals surface area contributed by atoms with Crippen LogP contribution in [-0.4, -0.2) is 31.0 Å². The van der Waals surface area contributed by atoms with Crippen molar-refractivity contribution in [1.82, 2.24) is 0 Å². The Kier molecular flexibility index (Phi) is 4.66. The zero-order valence-electron chi connectivity index (χ0n) is 14.0. The summed E-state index contributed by atoms with van der Waals surface area (Å²) in [5.41, 5.74) is 0.939. The number of aliphatic imine (C=N–C) groups is 1. The molecule has 0 unspecified atom stereocenters. The molecule has 0 aromatic heterocycles. The summed E-state index contributed by atoms with van der Waals surface area (Å²) in [6.07, 6.45) is 1.53. The summed E-state index contributed by atoms with van der Waals surface area (Å²) in [5.74, 6) is 0.490. The van der Waals surface area contributed by atoms with Gasteiger partial charge in [-0.1, -0.05) is 6.07 Å². The Balaban J connectivity index is 1.97. The Hall–Kier alpha value is -3.68. The molecule has 0 saturated carbocycles. The molecule has 0 aliphatic carbocycles. The molecule has 1 aliphatic heterocycles. The largest absolute Gasteiger partial charge is 0.497 e. The molecule has 0 fully saturated rings. The van der Waals surface area contributed by atoms with Crippen LogP contribution in [-0.2, 0) is 9.53 Å². The highest BCUT2D eigenvalue weighted by atomic mass is 16.6. The Morgan fingerprint density at radius 2 is 1.81 bits per heavy atom. The highest BCUT2D eigenvalue weighted by molar-refractivity contribution is 6.13. The van der Waals surface area contributed by atoms with Gasteiger partial charge < -0.3 is 14.2 Å². The van der Waals surface area contributed by atoms with Gasteiger partial charge in [-0.25, -0.2) is 9.79 Å². The minimum atomic E-state index is -0.645. The van der Waals surface area contributed by atoms with Crippen LogP contribution >= 0.6 is 0 Å². The molecule has 2 aromatic carbocycles. The van der Waals surface area contributed by atoms with E-state index in [-0.39, 0.29) is 17.3 Å². The van der Waals surface area contributed by atoms with Crippen molar-refractivity contribution < 1.29 is 23.9 Å². The highest BCUT2D eigenvalue weighted by Crippen LogP contribution is 2.26. The maximum Gasteiger partial charge on any atom is 0.363 e. The van der Waals surface area contributed by atoms with Crippen LogP contribution in [0.1, 0.15) is 11.1 Å². The maximum absolute atomic E-state index is 12.1. The quantitative estimate of drug-likeness (QED) is 0.354. The Labute approximate surface area is 148 Å². The molecule has 1 heterocycles. The van der Waals surface area contributed by atoms with Crippen molar-refractivity contribution in [3.8, 4) is 11.5 Å². The van der Waals surface area contributed by atoms with Gasteiger partial charge in [-0.15, -0.1) is 0 Å². The van der Waals surface area contributed by atoms with Gasteiger partial charge in [-0.2, -0.15) is 0 Å². The molecular weight excluding hydrogens is 340 g/mol. The van der Waals surface area contributed by atoms with Crippen LogP contribution in [0.15, 0.2) is 53.2 Å². The number of carbonyl (C=O) groups excluding carboxylic acids is 1. The van der Waals surface area contributed by atoms with Gasteiger partial charge in [0.15, 0.2) is 5.70 Å². The maximum atomic E-state index is 12.1. The van der Waals surface area contributed by atoms with Crippen LogP contribution in [0.5, 0.6) is 11.5 Å². The molecule has 0 saturated heterocycles. The molecule has 8 heteroatoms. The predicted molar refractivity (Wildman–Crippen MR) is 93.2 cm³/mol. The summed E-state index contributed by atoms with van der Waals surface area (Å²) in [4.78, 5) is 26.6. The number of nitrogens with zero attached hydrogens (tertiary/aromatic N) is 2. The van der Waals surface area contributed by atoms with E-state index in [1.54, 1.807) is 24.3 Å². The van der Waals surface area contributed by atoms with E-state index in [0.29, 0.717) is 22.6 Å². The summed E-state index contributed by atoms with van der Waals surface area (Å²) < 4.78 is 15.5. The first-order valence-corrected chi connectivity index (χ1v) is 7.50. The van der Waals surface area contributed by atoms with Gasteiger partial charge in [-0.3, -0.25) is 10.1 Å². The van der Waals surface area contributed by atoms with Crippen LogP contribution in [0.2, 0.25) is 0 Å². The van der Waals surface area contributed by atoms with E-state index in [4.69, 9.17) is 14.2 Å². The summed E-state index contributed by atoms with van der Waals surface area (Å²) in [6.45, 7) is 0. The molecule has 3 rings (SSSR count). The number of methoxy groups -OCH3 is 2. The summed E-state index contributed by atoms with van der Waals surface area (Å²) in [7, 11) is 3.04. The second-order valence-corrected chi connectivity index (χ2v) is 5.29. The van der Waals surface area contributed by atoms with E-state index < -0.39 is 10.9 Å². The summed E-state index contributed by atoms with van der Waals surface area (Å²) in [6, 6.07) is 10.8. The topological polar surface area (TPSA) is 100 Å². The molecule has 2 aromatic rings.